The standard InChI is InChI=1S/C15H17N3O2S/c1-3-11-8-13(19)18-15(17-11)21-9-14(20)16-12-6-4-5-10(2)7-12/h4-8H,3,9H2,1-2H3,(H,16,20)(H,17,18,19). The van der Waals surface area contributed by atoms with Crippen LogP contribution in [0.15, 0.2) is 40.3 Å². The van der Waals surface area contributed by atoms with Crippen LogP contribution in [0.25, 0.3) is 0 Å². The van der Waals surface area contributed by atoms with E-state index < -0.39 is 0 Å². The van der Waals surface area contributed by atoms with E-state index in [1.165, 1.54) is 17.8 Å². The van der Waals surface area contributed by atoms with E-state index in [-0.39, 0.29) is 17.2 Å². The van der Waals surface area contributed by atoms with Gasteiger partial charge in [0.15, 0.2) is 5.16 Å². The Morgan fingerprint density at radius 2 is 2.19 bits per heavy atom. The van der Waals surface area contributed by atoms with Crippen molar-refractivity contribution in [2.75, 3.05) is 11.1 Å². The fourth-order valence-electron chi connectivity index (χ4n) is 1.79. The number of aromatic amines is 1. The molecule has 6 heteroatoms. The second kappa shape index (κ2) is 7.08. The molecule has 1 amide bonds. The van der Waals surface area contributed by atoms with Crippen molar-refractivity contribution in [3.8, 4) is 0 Å². The molecule has 0 aliphatic rings. The maximum absolute atomic E-state index is 11.9. The molecular weight excluding hydrogens is 286 g/mol. The van der Waals surface area contributed by atoms with Gasteiger partial charge in [0.2, 0.25) is 5.91 Å². The average Bonchev–Trinajstić information content (AvgIpc) is 2.44. The lowest BCUT2D eigenvalue weighted by atomic mass is 10.2. The molecule has 0 atom stereocenters. The number of thioether (sulfide) groups is 1. The molecule has 2 aromatic rings. The Kier molecular flexibility index (Phi) is 5.16. The summed E-state index contributed by atoms with van der Waals surface area (Å²) in [4.78, 5) is 30.2. The molecule has 0 bridgehead atoms. The number of benzene rings is 1. The minimum atomic E-state index is -0.191. The van der Waals surface area contributed by atoms with Crippen molar-refractivity contribution in [2.24, 2.45) is 0 Å². The summed E-state index contributed by atoms with van der Waals surface area (Å²) < 4.78 is 0. The van der Waals surface area contributed by atoms with Gasteiger partial charge in [0.05, 0.1) is 5.75 Å². The molecule has 0 aliphatic carbocycles. The maximum Gasteiger partial charge on any atom is 0.251 e. The Hall–Kier alpha value is -2.08. The van der Waals surface area contributed by atoms with Crippen molar-refractivity contribution in [1.29, 1.82) is 0 Å². The first-order valence-electron chi connectivity index (χ1n) is 6.66. The van der Waals surface area contributed by atoms with Gasteiger partial charge in [-0.3, -0.25) is 9.59 Å². The number of aryl methyl sites for hydroxylation is 2. The van der Waals surface area contributed by atoms with Crippen LogP contribution in [-0.2, 0) is 11.2 Å². The first-order chi connectivity index (χ1) is 10.1. The van der Waals surface area contributed by atoms with E-state index in [9.17, 15) is 9.59 Å². The molecule has 5 nitrogen and oxygen atoms in total. The van der Waals surface area contributed by atoms with Crippen LogP contribution >= 0.6 is 11.8 Å². The van der Waals surface area contributed by atoms with Gasteiger partial charge in [-0.2, -0.15) is 0 Å². The maximum atomic E-state index is 11.9. The summed E-state index contributed by atoms with van der Waals surface area (Å²) in [6.45, 7) is 3.90. The van der Waals surface area contributed by atoms with Crippen molar-refractivity contribution < 1.29 is 4.79 Å². The Morgan fingerprint density at radius 3 is 2.90 bits per heavy atom. The highest BCUT2D eigenvalue weighted by molar-refractivity contribution is 7.99. The zero-order chi connectivity index (χ0) is 15.2. The molecule has 2 rings (SSSR count). The van der Waals surface area contributed by atoms with Crippen LogP contribution in [-0.4, -0.2) is 21.6 Å². The summed E-state index contributed by atoms with van der Waals surface area (Å²) in [5.74, 6) is 0.0690. The van der Waals surface area contributed by atoms with Crippen LogP contribution in [0.3, 0.4) is 0 Å². The van der Waals surface area contributed by atoms with Gasteiger partial charge >= 0.3 is 0 Å². The summed E-state index contributed by atoms with van der Waals surface area (Å²) in [5, 5.41) is 3.29. The minimum absolute atomic E-state index is 0.129. The zero-order valence-corrected chi connectivity index (χ0v) is 12.8. The van der Waals surface area contributed by atoms with Crippen molar-refractivity contribution in [2.45, 2.75) is 25.4 Å². The van der Waals surface area contributed by atoms with Gasteiger partial charge in [-0.1, -0.05) is 30.8 Å². The summed E-state index contributed by atoms with van der Waals surface area (Å²) in [7, 11) is 0. The molecule has 0 radical (unpaired) electrons. The summed E-state index contributed by atoms with van der Waals surface area (Å²) in [6, 6.07) is 9.07. The second-order valence-electron chi connectivity index (χ2n) is 4.60. The molecule has 2 N–H and O–H groups in total. The molecule has 0 unspecified atom stereocenters. The Labute approximate surface area is 127 Å². The fourth-order valence-corrected chi connectivity index (χ4v) is 2.48. The van der Waals surface area contributed by atoms with Crippen LogP contribution in [0.4, 0.5) is 5.69 Å². The lowest BCUT2D eigenvalue weighted by Gasteiger charge is -2.06. The number of hydrogen-bond acceptors (Lipinski definition) is 4. The van der Waals surface area contributed by atoms with Crippen LogP contribution in [0.2, 0.25) is 0 Å². The number of aromatic nitrogens is 2. The molecule has 0 aliphatic heterocycles. The van der Waals surface area contributed by atoms with E-state index in [2.05, 4.69) is 15.3 Å². The van der Waals surface area contributed by atoms with Crippen LogP contribution < -0.4 is 10.9 Å². The number of anilines is 1. The Morgan fingerprint density at radius 1 is 1.38 bits per heavy atom. The van der Waals surface area contributed by atoms with Crippen molar-refractivity contribution in [1.82, 2.24) is 9.97 Å². The number of rotatable bonds is 5. The molecular formula is C15H17N3O2S. The molecule has 110 valence electrons. The predicted molar refractivity (Wildman–Crippen MR) is 84.8 cm³/mol. The third-order valence-corrected chi connectivity index (χ3v) is 3.65. The average molecular weight is 303 g/mol. The number of H-pyrrole nitrogens is 1. The number of nitrogens with one attached hydrogen (secondary N) is 2. The first-order valence-corrected chi connectivity index (χ1v) is 7.65. The topological polar surface area (TPSA) is 74.8 Å². The molecule has 1 heterocycles. The number of amides is 1. The minimum Gasteiger partial charge on any atom is -0.325 e. The van der Waals surface area contributed by atoms with E-state index in [1.54, 1.807) is 0 Å². The van der Waals surface area contributed by atoms with E-state index in [0.717, 1.165) is 16.9 Å². The quantitative estimate of drug-likeness (QED) is 0.657. The van der Waals surface area contributed by atoms with Crippen molar-refractivity contribution >= 4 is 23.4 Å². The smallest absolute Gasteiger partial charge is 0.251 e. The molecule has 1 aromatic heterocycles. The van der Waals surface area contributed by atoms with Crippen LogP contribution in [0.5, 0.6) is 0 Å². The monoisotopic (exact) mass is 303 g/mol. The highest BCUT2D eigenvalue weighted by Crippen LogP contribution is 2.14. The largest absolute Gasteiger partial charge is 0.325 e. The number of nitrogens with zero attached hydrogens (tertiary/aromatic N) is 1. The summed E-state index contributed by atoms with van der Waals surface area (Å²) in [6.07, 6.45) is 0.687. The molecule has 0 saturated heterocycles. The molecule has 0 saturated carbocycles. The Balaban J connectivity index is 1.95. The SMILES string of the molecule is CCc1cc(=O)[nH]c(SCC(=O)Nc2cccc(C)c2)n1. The first kappa shape index (κ1) is 15.3. The van der Waals surface area contributed by atoms with E-state index >= 15 is 0 Å². The molecule has 21 heavy (non-hydrogen) atoms. The highest BCUT2D eigenvalue weighted by Gasteiger charge is 2.06. The normalized spacial score (nSPS) is 10.4. The van der Waals surface area contributed by atoms with Gasteiger partial charge in [0.25, 0.3) is 5.56 Å². The van der Waals surface area contributed by atoms with Gasteiger partial charge in [-0.15, -0.1) is 0 Å². The predicted octanol–water partition coefficient (Wildman–Crippen LogP) is 2.37. The summed E-state index contributed by atoms with van der Waals surface area (Å²) >= 11 is 1.22. The molecule has 0 spiro atoms. The van der Waals surface area contributed by atoms with E-state index in [0.29, 0.717) is 11.6 Å². The van der Waals surface area contributed by atoms with Gasteiger partial charge in [-0.05, 0) is 31.0 Å². The van der Waals surface area contributed by atoms with Crippen molar-refractivity contribution in [3.05, 3.63) is 51.9 Å². The molecule has 0 fully saturated rings. The van der Waals surface area contributed by atoms with E-state index in [1.807, 2.05) is 38.1 Å². The number of hydrogen-bond donors (Lipinski definition) is 2. The second-order valence-corrected chi connectivity index (χ2v) is 5.57. The van der Waals surface area contributed by atoms with E-state index in [4.69, 9.17) is 0 Å². The highest BCUT2D eigenvalue weighted by atomic mass is 32.2. The lowest BCUT2D eigenvalue weighted by Crippen LogP contribution is -2.15. The molecule has 1 aromatic carbocycles. The Bertz CT molecular complexity index is 697. The third kappa shape index (κ3) is 4.75. The van der Waals surface area contributed by atoms with Gasteiger partial charge in [0, 0.05) is 17.4 Å². The number of carbonyl (C=O) groups is 1. The number of carbonyl (C=O) groups excluding carboxylic acids is 1. The summed E-state index contributed by atoms with van der Waals surface area (Å²) in [5.41, 5.74) is 2.38. The van der Waals surface area contributed by atoms with Crippen LogP contribution in [0, 0.1) is 6.92 Å². The fraction of sp³-hybridized carbons (Fsp3) is 0.267. The lowest BCUT2D eigenvalue weighted by molar-refractivity contribution is -0.113. The third-order valence-electron chi connectivity index (χ3n) is 2.78. The zero-order valence-electron chi connectivity index (χ0n) is 12.0. The van der Waals surface area contributed by atoms with Gasteiger partial charge in [0.1, 0.15) is 0 Å². The van der Waals surface area contributed by atoms with Gasteiger partial charge in [-0.25, -0.2) is 4.98 Å². The van der Waals surface area contributed by atoms with Crippen molar-refractivity contribution in [3.63, 3.8) is 0 Å². The van der Waals surface area contributed by atoms with Gasteiger partial charge < -0.3 is 10.3 Å². The van der Waals surface area contributed by atoms with Crippen LogP contribution in [0.1, 0.15) is 18.2 Å².